The molecule has 0 aliphatic rings. The summed E-state index contributed by atoms with van der Waals surface area (Å²) in [6.45, 7) is 2.31. The van der Waals surface area contributed by atoms with Gasteiger partial charge in [-0.1, -0.05) is 338 Å². The second-order valence-corrected chi connectivity index (χ2v) is 31.1. The Morgan fingerprint density at radius 1 is 0.252 bits per heavy atom. The summed E-state index contributed by atoms with van der Waals surface area (Å²) in [7, 11) is -9.82. The third kappa shape index (κ3) is 85.4. The molecule has 0 aromatic carbocycles. The Balaban J connectivity index is 4.60. The number of aliphatic hydroxyl groups is 2. The largest absolute Gasteiger partial charge is 0.472 e. The van der Waals surface area contributed by atoms with Crippen LogP contribution in [0, 0.1) is 0 Å². The molecular formula is C93H154O16P2. The van der Waals surface area contributed by atoms with Gasteiger partial charge in [-0.3, -0.25) is 32.5 Å². The number of phosphoric acid groups is 2. The summed E-state index contributed by atoms with van der Waals surface area (Å²) in [6, 6.07) is 0. The van der Waals surface area contributed by atoms with E-state index in [1.807, 2.05) is 0 Å². The highest BCUT2D eigenvalue weighted by Gasteiger charge is 2.29. The van der Waals surface area contributed by atoms with Crippen LogP contribution in [0.5, 0.6) is 0 Å². The number of aliphatic hydroxyl groups excluding tert-OH is 2. The van der Waals surface area contributed by atoms with E-state index in [9.17, 15) is 43.5 Å². The first-order chi connectivity index (χ1) is 54.2. The Morgan fingerprint density at radius 2 is 0.450 bits per heavy atom. The van der Waals surface area contributed by atoms with Crippen molar-refractivity contribution in [3.05, 3.63) is 182 Å². The molecule has 16 nitrogen and oxygen atoms in total. The lowest BCUT2D eigenvalue weighted by Gasteiger charge is -2.21. The zero-order chi connectivity index (χ0) is 80.8. The summed E-state index contributed by atoms with van der Waals surface area (Å²) in [5.41, 5.74) is 0. The zero-order valence-corrected chi connectivity index (χ0v) is 71.1. The van der Waals surface area contributed by atoms with Crippen molar-refractivity contribution in [3.8, 4) is 0 Å². The van der Waals surface area contributed by atoms with Crippen molar-refractivity contribution in [2.75, 3.05) is 39.6 Å². The van der Waals surface area contributed by atoms with Gasteiger partial charge in [0.2, 0.25) is 0 Å². The monoisotopic (exact) mass is 1590 g/mol. The molecule has 0 aliphatic heterocycles. The molecule has 5 unspecified atom stereocenters. The van der Waals surface area contributed by atoms with Crippen molar-refractivity contribution < 1.29 is 75.8 Å². The van der Waals surface area contributed by atoms with Gasteiger partial charge in [-0.25, -0.2) is 9.13 Å². The molecule has 111 heavy (non-hydrogen) atoms. The maximum atomic E-state index is 13.0. The van der Waals surface area contributed by atoms with E-state index in [0.717, 1.165) is 167 Å². The van der Waals surface area contributed by atoms with Crippen molar-refractivity contribution in [1.82, 2.24) is 0 Å². The third-order valence-corrected chi connectivity index (χ3v) is 19.5. The molecule has 0 spiro atoms. The molecule has 0 aromatic heterocycles. The van der Waals surface area contributed by atoms with Crippen molar-refractivity contribution in [1.29, 1.82) is 0 Å². The van der Waals surface area contributed by atoms with Gasteiger partial charge in [-0.05, 0) is 154 Å². The predicted molar refractivity (Wildman–Crippen MR) is 463 cm³/mol. The summed E-state index contributed by atoms with van der Waals surface area (Å²) in [5.74, 6) is -1.62. The predicted octanol–water partition coefficient (Wildman–Crippen LogP) is 26.1. The zero-order valence-electron chi connectivity index (χ0n) is 69.3. The Kier molecular flexibility index (Phi) is 80.0. The van der Waals surface area contributed by atoms with Gasteiger partial charge in [-0.15, -0.1) is 0 Å². The van der Waals surface area contributed by atoms with Crippen LogP contribution >= 0.6 is 15.6 Å². The molecule has 0 heterocycles. The molecule has 0 saturated carbocycles. The van der Waals surface area contributed by atoms with Crippen molar-refractivity contribution in [2.24, 2.45) is 0 Å². The first-order valence-corrected chi connectivity index (χ1v) is 46.1. The summed E-state index contributed by atoms with van der Waals surface area (Å²) < 4.78 is 61.3. The van der Waals surface area contributed by atoms with E-state index >= 15 is 0 Å². The van der Waals surface area contributed by atoms with Crippen LogP contribution in [0.3, 0.4) is 0 Å². The Bertz CT molecular complexity index is 2750. The second-order valence-electron chi connectivity index (χ2n) is 28.2. The van der Waals surface area contributed by atoms with Crippen LogP contribution < -0.4 is 0 Å². The van der Waals surface area contributed by atoms with Crippen molar-refractivity contribution >= 4 is 33.6 Å². The van der Waals surface area contributed by atoms with Crippen LogP contribution in [0.2, 0.25) is 0 Å². The minimum atomic E-state index is -4.95. The lowest BCUT2D eigenvalue weighted by atomic mass is 10.0. The molecule has 632 valence electrons. The highest BCUT2D eigenvalue weighted by molar-refractivity contribution is 7.47. The third-order valence-electron chi connectivity index (χ3n) is 17.6. The van der Waals surface area contributed by atoms with E-state index in [1.54, 1.807) is 0 Å². The fraction of sp³-hybridized carbons (Fsp3) is 0.645. The molecule has 0 aliphatic carbocycles. The van der Waals surface area contributed by atoms with Crippen LogP contribution in [0.15, 0.2) is 182 Å². The van der Waals surface area contributed by atoms with Crippen LogP contribution in [0.1, 0.15) is 329 Å². The van der Waals surface area contributed by atoms with E-state index < -0.39 is 91.5 Å². The van der Waals surface area contributed by atoms with E-state index in [4.69, 9.17) is 32.3 Å². The van der Waals surface area contributed by atoms with Crippen LogP contribution in [0.4, 0.5) is 0 Å². The summed E-state index contributed by atoms with van der Waals surface area (Å²) in [6.07, 6.45) is 109. The molecular weight excluding hydrogens is 1430 g/mol. The minimum Gasteiger partial charge on any atom is -0.463 e. The number of carbonyl (C=O) groups is 3. The van der Waals surface area contributed by atoms with Gasteiger partial charge in [-0.2, -0.15) is 0 Å². The number of rotatable bonds is 80. The average Bonchev–Trinajstić information content (AvgIpc) is 0.895. The average molecular weight is 1590 g/mol. The lowest BCUT2D eigenvalue weighted by Crippen LogP contribution is -2.30. The number of esters is 3. The molecule has 5 atom stereocenters. The highest BCUT2D eigenvalue weighted by Crippen LogP contribution is 2.45. The second kappa shape index (κ2) is 84.1. The summed E-state index contributed by atoms with van der Waals surface area (Å²) in [5, 5.41) is 20.7. The smallest absolute Gasteiger partial charge is 0.463 e. The molecule has 0 amide bonds. The number of carbonyl (C=O) groups excluding carboxylic acids is 3. The first-order valence-electron chi connectivity index (χ1n) is 43.1. The number of phosphoric ester groups is 2. The number of unbranched alkanes of at least 4 members (excludes halogenated alkanes) is 27. The van der Waals surface area contributed by atoms with Gasteiger partial charge >= 0.3 is 33.6 Å². The Labute approximate surface area is 675 Å². The van der Waals surface area contributed by atoms with Gasteiger partial charge < -0.3 is 34.2 Å². The minimum absolute atomic E-state index is 0.0581. The summed E-state index contributed by atoms with van der Waals surface area (Å²) in [4.78, 5) is 58.9. The quantitative estimate of drug-likeness (QED) is 0.0146. The maximum absolute atomic E-state index is 13.0. The molecule has 0 fully saturated rings. The van der Waals surface area contributed by atoms with Crippen molar-refractivity contribution in [2.45, 2.75) is 347 Å². The van der Waals surface area contributed by atoms with Gasteiger partial charge in [0.1, 0.15) is 25.4 Å². The molecule has 0 rings (SSSR count). The van der Waals surface area contributed by atoms with E-state index in [0.29, 0.717) is 19.3 Å². The normalized spacial score (nSPS) is 14.8. The molecule has 4 N–H and O–H groups in total. The topological polar surface area (TPSA) is 231 Å². The Hall–Kier alpha value is -5.35. The lowest BCUT2D eigenvalue weighted by molar-refractivity contribution is -0.161. The molecule has 18 heteroatoms. The molecule has 0 bridgehead atoms. The van der Waals surface area contributed by atoms with Gasteiger partial charge in [0.15, 0.2) is 6.10 Å². The number of ether oxygens (including phenoxy) is 3. The fourth-order valence-corrected chi connectivity index (χ4v) is 12.8. The van der Waals surface area contributed by atoms with Crippen molar-refractivity contribution in [3.63, 3.8) is 0 Å². The standard InChI is InChI=1S/C93H154O16P2/c1-4-7-10-13-16-19-22-25-28-31-34-36-38-40-41-42-43-44-45-47-49-50-53-55-58-61-64-67-70-73-76-79-91(96)103-82-88(94)83-105-110(99,100)106-84-89(95)85-107-111(101,102)108-87-90(109-93(98)81-78-75-72-69-66-63-60-57-52-33-30-27-24-21-18-15-12-9-6-3)86-104-92(97)80-77-74-71-68-65-62-59-56-54-51-48-46-39-37-35-32-29-26-23-20-17-14-11-8-5-2/h7-12,16-21,25-30,34-37,40-41,46,48,52,57,63,66,88-90,94-95H,4-6,13-15,22-24,31-33,38-39,42-45,47,49-51,53-56,58-62,64-65,67-87H2,1-3H3,(H,99,100)(H,101,102)/b10-7-,11-8-,12-9-,19-16-,20-17-,21-18-,28-25-,29-26-,30-27-,36-34-,37-35-,41-40-,48-46-,57-52-,66-63-. The summed E-state index contributed by atoms with van der Waals surface area (Å²) >= 11 is 0. The van der Waals surface area contributed by atoms with Gasteiger partial charge in [0, 0.05) is 19.3 Å². The Morgan fingerprint density at radius 3 is 0.721 bits per heavy atom. The van der Waals surface area contributed by atoms with E-state index in [1.165, 1.54) is 103 Å². The van der Waals surface area contributed by atoms with Gasteiger partial charge in [0.05, 0.1) is 26.4 Å². The number of allylic oxidation sites excluding steroid dienone is 30. The molecule has 0 radical (unpaired) electrons. The maximum Gasteiger partial charge on any atom is 0.472 e. The van der Waals surface area contributed by atoms with E-state index in [-0.39, 0.29) is 19.3 Å². The molecule has 0 aromatic rings. The van der Waals surface area contributed by atoms with Crippen LogP contribution in [-0.4, -0.2) is 95.9 Å². The number of hydrogen-bond donors (Lipinski definition) is 4. The van der Waals surface area contributed by atoms with Crippen LogP contribution in [-0.2, 0) is 55.8 Å². The van der Waals surface area contributed by atoms with Crippen LogP contribution in [0.25, 0.3) is 0 Å². The van der Waals surface area contributed by atoms with E-state index in [2.05, 4.69) is 203 Å². The fourth-order valence-electron chi connectivity index (χ4n) is 11.2. The molecule has 0 saturated heterocycles. The number of hydrogen-bond acceptors (Lipinski definition) is 14. The first kappa shape index (κ1) is 106. The van der Waals surface area contributed by atoms with Gasteiger partial charge in [0.25, 0.3) is 0 Å². The highest BCUT2D eigenvalue weighted by atomic mass is 31.2. The SMILES string of the molecule is CC/C=C\C/C=C\C/C=C\C/C=C\C/C=C\CCCCCCCCCCCCCCCCCC(=O)OCC(O)COP(=O)(O)OCC(O)COP(=O)(O)OCC(COC(=O)CCCCCCCCCCC/C=C\C/C=C\C/C=C\C/C=C\C/C=C\CC)OC(=O)CCCCC/C=C\C/C=C\C/C=C\C/C=C\C/C=C\CC.